The van der Waals surface area contributed by atoms with Crippen LogP contribution in [0, 0.1) is 5.92 Å². The highest BCUT2D eigenvalue weighted by atomic mass is 32.2. The number of hydrogen-bond donors (Lipinski definition) is 0. The van der Waals surface area contributed by atoms with Gasteiger partial charge in [-0.15, -0.1) is 0 Å². The average Bonchev–Trinajstić information content (AvgIpc) is 2.73. The van der Waals surface area contributed by atoms with Crippen LogP contribution in [-0.2, 0) is 30.9 Å². The van der Waals surface area contributed by atoms with Gasteiger partial charge in [0.15, 0.2) is 0 Å². The molecule has 33 heavy (non-hydrogen) atoms. The molecule has 184 valence electrons. The molecule has 1 aromatic rings. The fraction of sp³-hybridized carbons (Fsp3) is 0.550. The molecule has 1 fully saturated rings. The number of carbonyl (C=O) groups excluding carboxylic acids is 2. The van der Waals surface area contributed by atoms with E-state index in [2.05, 4.69) is 9.89 Å². The predicted molar refractivity (Wildman–Crippen MR) is 114 cm³/mol. The van der Waals surface area contributed by atoms with Crippen molar-refractivity contribution in [3.05, 3.63) is 29.8 Å². The Hall–Kier alpha value is -2.83. The van der Waals surface area contributed by atoms with E-state index in [1.54, 1.807) is 0 Å². The Morgan fingerprint density at radius 2 is 1.94 bits per heavy atom. The lowest BCUT2D eigenvalue weighted by molar-refractivity contribution is -0.126. The fourth-order valence-electron chi connectivity index (χ4n) is 3.54. The molecule has 0 aliphatic carbocycles. The van der Waals surface area contributed by atoms with Crippen LogP contribution in [0.4, 0.5) is 23.7 Å². The third-order valence-corrected chi connectivity index (χ3v) is 6.42. The fourth-order valence-corrected chi connectivity index (χ4v) is 4.43. The van der Waals surface area contributed by atoms with Crippen LogP contribution in [0.15, 0.2) is 29.4 Å². The Labute approximate surface area is 190 Å². The summed E-state index contributed by atoms with van der Waals surface area (Å²) in [6, 6.07) is 5.13. The summed E-state index contributed by atoms with van der Waals surface area (Å²) in [5.41, 5.74) is -6.10. The lowest BCUT2D eigenvalue weighted by Crippen LogP contribution is -2.47. The van der Waals surface area contributed by atoms with Crippen molar-refractivity contribution in [2.75, 3.05) is 24.6 Å². The summed E-state index contributed by atoms with van der Waals surface area (Å²) in [5.74, 6) is -0.603. The molecule has 2 rings (SSSR count). The first kappa shape index (κ1) is 26.4. The van der Waals surface area contributed by atoms with Crippen LogP contribution >= 0.6 is 0 Å². The summed E-state index contributed by atoms with van der Waals surface area (Å²) in [6.45, 7) is 2.97. The average molecular weight is 494 g/mol. The van der Waals surface area contributed by atoms with Gasteiger partial charge in [0.05, 0.1) is 12.3 Å². The summed E-state index contributed by atoms with van der Waals surface area (Å²) >= 11 is 0. The maximum absolute atomic E-state index is 13.3. The molecule has 0 aromatic heterocycles. The van der Waals surface area contributed by atoms with E-state index in [1.165, 1.54) is 37.1 Å². The zero-order valence-corrected chi connectivity index (χ0v) is 19.3. The lowest BCUT2D eigenvalue weighted by atomic mass is 9.89. The van der Waals surface area contributed by atoms with Gasteiger partial charge in [-0.25, -0.2) is 4.79 Å². The molecule has 1 heterocycles. The van der Waals surface area contributed by atoms with Gasteiger partial charge >= 0.3 is 21.6 Å². The zero-order valence-electron chi connectivity index (χ0n) is 18.5. The number of ether oxygens (including phenoxy) is 1. The molecule has 1 unspecified atom stereocenters. The number of anilines is 1. The van der Waals surface area contributed by atoms with Gasteiger partial charge < -0.3 is 14.5 Å². The van der Waals surface area contributed by atoms with E-state index >= 15 is 0 Å². The highest BCUT2D eigenvalue weighted by Crippen LogP contribution is 2.34. The first-order valence-corrected chi connectivity index (χ1v) is 11.7. The van der Waals surface area contributed by atoms with Gasteiger partial charge in [-0.05, 0) is 31.4 Å². The minimum absolute atomic E-state index is 0.0115. The number of benzene rings is 1. The molecule has 0 saturated carbocycles. The van der Waals surface area contributed by atoms with Gasteiger partial charge in [-0.2, -0.15) is 25.9 Å². The van der Waals surface area contributed by atoms with Gasteiger partial charge in [0.25, 0.3) is 5.91 Å². The van der Waals surface area contributed by atoms with Crippen molar-refractivity contribution < 1.29 is 40.8 Å². The summed E-state index contributed by atoms with van der Waals surface area (Å²) in [6.07, 6.45) is 0.371. The number of sulfonamides is 1. The largest absolute Gasteiger partial charge is 0.517 e. The van der Waals surface area contributed by atoms with Crippen molar-refractivity contribution in [1.82, 2.24) is 4.90 Å². The quantitative estimate of drug-likeness (QED) is 0.512. The van der Waals surface area contributed by atoms with E-state index in [0.29, 0.717) is 12.8 Å². The lowest BCUT2D eigenvalue weighted by Gasteiger charge is -2.33. The molecule has 1 atom stereocenters. The Balaban J connectivity index is 2.48. The SMILES string of the molecule is CCCC1CCN(Cc2ccccc2N(C(=O)OCC)S(=O)(=O)C(F)(F)F)C(=O)/C1=N/OC. The number of halogens is 3. The zero-order chi connectivity index (χ0) is 24.8. The second kappa shape index (κ2) is 10.9. The number of nitrogens with zero attached hydrogens (tertiary/aromatic N) is 3. The minimum Gasteiger partial charge on any atom is -0.449 e. The number of piperidine rings is 1. The van der Waals surface area contributed by atoms with Crippen molar-refractivity contribution >= 4 is 33.4 Å². The monoisotopic (exact) mass is 493 g/mol. The van der Waals surface area contributed by atoms with Crippen molar-refractivity contribution in [2.45, 2.75) is 45.2 Å². The predicted octanol–water partition coefficient (Wildman–Crippen LogP) is 3.65. The molecule has 13 heteroatoms. The van der Waals surface area contributed by atoms with Gasteiger partial charge in [-0.1, -0.05) is 36.7 Å². The number of likely N-dealkylation sites (tertiary alicyclic amines) is 1. The van der Waals surface area contributed by atoms with Gasteiger partial charge in [-0.3, -0.25) is 4.79 Å². The number of rotatable bonds is 8. The molecule has 1 saturated heterocycles. The maximum atomic E-state index is 13.3. The topological polar surface area (TPSA) is 106 Å². The van der Waals surface area contributed by atoms with Crippen LogP contribution < -0.4 is 4.31 Å². The van der Waals surface area contributed by atoms with Gasteiger partial charge in [0.2, 0.25) is 0 Å². The first-order valence-electron chi connectivity index (χ1n) is 10.3. The van der Waals surface area contributed by atoms with E-state index in [-0.39, 0.29) is 36.9 Å². The second-order valence-corrected chi connectivity index (χ2v) is 8.98. The van der Waals surface area contributed by atoms with Crippen LogP contribution in [-0.4, -0.2) is 56.8 Å². The van der Waals surface area contributed by atoms with E-state index < -0.39 is 37.5 Å². The van der Waals surface area contributed by atoms with Crippen molar-refractivity contribution in [3.8, 4) is 0 Å². The maximum Gasteiger partial charge on any atom is 0.517 e. The summed E-state index contributed by atoms with van der Waals surface area (Å²) < 4.78 is 68.6. The number of para-hydroxylation sites is 1. The molecule has 9 nitrogen and oxygen atoms in total. The standard InChI is InChI=1S/C20H26F3N3O6S/c1-4-8-14-11-12-25(18(27)17(14)24-31-3)13-15-9-6-7-10-16(15)26(19(28)32-5-2)33(29,30)20(21,22)23/h6-7,9-10,14H,4-5,8,11-13H2,1-3H3/b24-17+. The molecule has 0 N–H and O–H groups in total. The van der Waals surface area contributed by atoms with E-state index in [4.69, 9.17) is 4.84 Å². The molecular formula is C20H26F3N3O6S. The number of alkyl halides is 3. The second-order valence-electron chi connectivity index (χ2n) is 7.20. The Morgan fingerprint density at radius 3 is 2.52 bits per heavy atom. The molecule has 0 spiro atoms. The van der Waals surface area contributed by atoms with Gasteiger partial charge in [0.1, 0.15) is 12.8 Å². The minimum atomic E-state index is -6.11. The summed E-state index contributed by atoms with van der Waals surface area (Å²) in [4.78, 5) is 31.4. The Bertz CT molecular complexity index is 997. The van der Waals surface area contributed by atoms with Crippen molar-refractivity contribution in [3.63, 3.8) is 0 Å². The highest BCUT2D eigenvalue weighted by Gasteiger charge is 2.53. The molecule has 1 aliphatic rings. The number of hydrogen-bond acceptors (Lipinski definition) is 7. The summed E-state index contributed by atoms with van der Waals surface area (Å²) in [7, 11) is -4.81. The molecule has 0 radical (unpaired) electrons. The van der Waals surface area contributed by atoms with E-state index in [9.17, 15) is 31.2 Å². The first-order chi connectivity index (χ1) is 15.5. The van der Waals surface area contributed by atoms with Crippen LogP contribution in [0.3, 0.4) is 0 Å². The van der Waals surface area contributed by atoms with E-state index in [0.717, 1.165) is 12.5 Å². The third kappa shape index (κ3) is 5.75. The molecule has 0 bridgehead atoms. The Kier molecular flexibility index (Phi) is 8.69. The van der Waals surface area contributed by atoms with E-state index in [1.807, 2.05) is 6.92 Å². The highest BCUT2D eigenvalue weighted by molar-refractivity contribution is 7.94. The normalized spacial score (nSPS) is 18.4. The van der Waals surface area contributed by atoms with Gasteiger partial charge in [0, 0.05) is 19.0 Å². The van der Waals surface area contributed by atoms with Crippen LogP contribution in [0.5, 0.6) is 0 Å². The number of carbonyl (C=O) groups is 2. The van der Waals surface area contributed by atoms with Crippen LogP contribution in [0.1, 0.15) is 38.7 Å². The van der Waals surface area contributed by atoms with Crippen molar-refractivity contribution in [1.29, 1.82) is 0 Å². The smallest absolute Gasteiger partial charge is 0.449 e. The number of amides is 2. The van der Waals surface area contributed by atoms with Crippen LogP contribution in [0.2, 0.25) is 0 Å². The summed E-state index contributed by atoms with van der Waals surface area (Å²) in [5, 5.41) is 3.83. The molecule has 2 amide bonds. The Morgan fingerprint density at radius 1 is 1.27 bits per heavy atom. The molecular weight excluding hydrogens is 467 g/mol. The van der Waals surface area contributed by atoms with Crippen molar-refractivity contribution in [2.24, 2.45) is 11.1 Å². The van der Waals surface area contributed by atoms with Crippen LogP contribution in [0.25, 0.3) is 0 Å². The number of oxime groups is 1. The molecule has 1 aromatic carbocycles. The molecule has 1 aliphatic heterocycles. The third-order valence-electron chi connectivity index (χ3n) is 5.01.